The highest BCUT2D eigenvalue weighted by Crippen LogP contribution is 2.39. The standard InChI is InChI=1S/C15H26N2O3S/c1-21-15(7-3-4-8-15)11-16-14(20)17-9-5-2-6-12(17)10-13(18)19/h12H,2-11H2,1H3,(H,16,20)(H,18,19). The number of carbonyl (C=O) groups excluding carboxylic acids is 1. The molecular weight excluding hydrogens is 288 g/mol. The molecule has 0 aromatic carbocycles. The van der Waals surface area contributed by atoms with Crippen LogP contribution in [0.2, 0.25) is 0 Å². The van der Waals surface area contributed by atoms with Gasteiger partial charge in [0.1, 0.15) is 0 Å². The van der Waals surface area contributed by atoms with Gasteiger partial charge in [0.25, 0.3) is 0 Å². The van der Waals surface area contributed by atoms with Crippen molar-refractivity contribution in [2.45, 2.75) is 62.2 Å². The first kappa shape index (κ1) is 16.5. The number of carbonyl (C=O) groups is 2. The molecule has 5 nitrogen and oxygen atoms in total. The average Bonchev–Trinajstić information content (AvgIpc) is 2.94. The van der Waals surface area contributed by atoms with Crippen LogP contribution >= 0.6 is 11.8 Å². The maximum absolute atomic E-state index is 12.4. The third-order valence-electron chi connectivity index (χ3n) is 4.81. The van der Waals surface area contributed by atoms with Crippen molar-refractivity contribution >= 4 is 23.8 Å². The number of urea groups is 1. The van der Waals surface area contributed by atoms with E-state index in [9.17, 15) is 9.59 Å². The number of rotatable bonds is 5. The fourth-order valence-electron chi connectivity index (χ4n) is 3.49. The highest BCUT2D eigenvalue weighted by Gasteiger charge is 2.35. The smallest absolute Gasteiger partial charge is 0.317 e. The van der Waals surface area contributed by atoms with Crippen LogP contribution in [-0.2, 0) is 4.79 Å². The van der Waals surface area contributed by atoms with Crippen LogP contribution in [0.15, 0.2) is 0 Å². The summed E-state index contributed by atoms with van der Waals surface area (Å²) >= 11 is 1.85. The largest absolute Gasteiger partial charge is 0.481 e. The van der Waals surface area contributed by atoms with Crippen LogP contribution < -0.4 is 5.32 Å². The number of hydrogen-bond donors (Lipinski definition) is 2. The Balaban J connectivity index is 1.89. The monoisotopic (exact) mass is 314 g/mol. The minimum Gasteiger partial charge on any atom is -0.481 e. The Morgan fingerprint density at radius 2 is 2.00 bits per heavy atom. The molecule has 1 saturated carbocycles. The summed E-state index contributed by atoms with van der Waals surface area (Å²) in [6, 6.07) is -0.230. The van der Waals surface area contributed by atoms with Crippen molar-refractivity contribution in [3.8, 4) is 0 Å². The summed E-state index contributed by atoms with van der Waals surface area (Å²) in [6.07, 6.45) is 9.75. The number of thioether (sulfide) groups is 1. The molecule has 1 saturated heterocycles. The van der Waals surface area contributed by atoms with Gasteiger partial charge < -0.3 is 15.3 Å². The van der Waals surface area contributed by atoms with E-state index in [0.717, 1.165) is 32.1 Å². The van der Waals surface area contributed by atoms with Gasteiger partial charge >= 0.3 is 12.0 Å². The Bertz CT molecular complexity index is 383. The van der Waals surface area contributed by atoms with Gasteiger partial charge in [-0.25, -0.2) is 4.79 Å². The molecule has 120 valence electrons. The second-order valence-electron chi connectivity index (χ2n) is 6.19. The Labute approximate surface area is 130 Å². The minimum atomic E-state index is -0.823. The lowest BCUT2D eigenvalue weighted by Gasteiger charge is -2.36. The van der Waals surface area contributed by atoms with Gasteiger partial charge in [-0.15, -0.1) is 0 Å². The maximum atomic E-state index is 12.4. The van der Waals surface area contributed by atoms with Gasteiger partial charge in [0.15, 0.2) is 0 Å². The number of nitrogens with zero attached hydrogens (tertiary/aromatic N) is 1. The predicted molar refractivity (Wildman–Crippen MR) is 84.7 cm³/mol. The molecule has 2 amide bonds. The number of carboxylic acid groups (broad SMARTS) is 1. The summed E-state index contributed by atoms with van der Waals surface area (Å²) in [5.74, 6) is -0.823. The SMILES string of the molecule is CSC1(CNC(=O)N2CCCCC2CC(=O)O)CCCC1. The average molecular weight is 314 g/mol. The lowest BCUT2D eigenvalue weighted by Crippen LogP contribution is -2.51. The number of carboxylic acids is 1. The normalized spacial score (nSPS) is 24.8. The lowest BCUT2D eigenvalue weighted by molar-refractivity contribution is -0.138. The molecule has 1 unspecified atom stereocenters. The first-order valence-corrected chi connectivity index (χ1v) is 9.10. The van der Waals surface area contributed by atoms with E-state index >= 15 is 0 Å². The first-order chi connectivity index (χ1) is 10.1. The van der Waals surface area contributed by atoms with Crippen molar-refractivity contribution in [1.29, 1.82) is 0 Å². The highest BCUT2D eigenvalue weighted by atomic mass is 32.2. The van der Waals surface area contributed by atoms with Crippen molar-refractivity contribution in [1.82, 2.24) is 10.2 Å². The van der Waals surface area contributed by atoms with Crippen LogP contribution in [-0.4, -0.2) is 52.1 Å². The van der Waals surface area contributed by atoms with Crippen molar-refractivity contribution in [3.63, 3.8) is 0 Å². The Kier molecular flexibility index (Phi) is 5.79. The molecule has 6 heteroatoms. The van der Waals surface area contributed by atoms with E-state index in [4.69, 9.17) is 5.11 Å². The molecular formula is C15H26N2O3S. The lowest BCUT2D eigenvalue weighted by atomic mass is 10.00. The number of aliphatic carboxylic acids is 1. The number of amides is 2. The molecule has 1 aliphatic heterocycles. The van der Waals surface area contributed by atoms with Crippen molar-refractivity contribution in [2.24, 2.45) is 0 Å². The molecule has 2 N–H and O–H groups in total. The summed E-state index contributed by atoms with van der Waals surface area (Å²) < 4.78 is 0.188. The summed E-state index contributed by atoms with van der Waals surface area (Å²) in [6.45, 7) is 1.37. The van der Waals surface area contributed by atoms with Gasteiger partial charge in [-0.3, -0.25) is 4.79 Å². The molecule has 1 atom stereocenters. The van der Waals surface area contributed by atoms with Gasteiger partial charge in [-0.2, -0.15) is 11.8 Å². The van der Waals surface area contributed by atoms with E-state index in [1.165, 1.54) is 12.8 Å². The van der Waals surface area contributed by atoms with Crippen LogP contribution in [0.25, 0.3) is 0 Å². The third kappa shape index (κ3) is 4.28. The second kappa shape index (κ2) is 7.38. The van der Waals surface area contributed by atoms with Gasteiger partial charge in [-0.05, 0) is 38.4 Å². The molecule has 0 spiro atoms. The Morgan fingerprint density at radius 1 is 1.29 bits per heavy atom. The molecule has 0 bridgehead atoms. The summed E-state index contributed by atoms with van der Waals surface area (Å²) in [7, 11) is 0. The zero-order chi connectivity index (χ0) is 15.3. The first-order valence-electron chi connectivity index (χ1n) is 7.88. The Hall–Kier alpha value is -0.910. The number of nitrogens with one attached hydrogen (secondary N) is 1. The predicted octanol–water partition coefficient (Wildman–Crippen LogP) is 2.70. The molecule has 1 heterocycles. The third-order valence-corrected chi connectivity index (χ3v) is 6.23. The van der Waals surface area contributed by atoms with Gasteiger partial charge in [0, 0.05) is 23.9 Å². The summed E-state index contributed by atoms with van der Waals surface area (Å²) in [4.78, 5) is 25.1. The Morgan fingerprint density at radius 3 is 2.62 bits per heavy atom. The summed E-state index contributed by atoms with van der Waals surface area (Å²) in [5.41, 5.74) is 0. The maximum Gasteiger partial charge on any atom is 0.317 e. The molecule has 2 rings (SSSR count). The van der Waals surface area contributed by atoms with E-state index in [-0.39, 0.29) is 23.2 Å². The molecule has 0 aromatic rings. The fraction of sp³-hybridized carbons (Fsp3) is 0.867. The second-order valence-corrected chi connectivity index (χ2v) is 7.47. The quantitative estimate of drug-likeness (QED) is 0.818. The number of hydrogen-bond acceptors (Lipinski definition) is 3. The van der Waals surface area contributed by atoms with Crippen LogP contribution in [0.5, 0.6) is 0 Å². The van der Waals surface area contributed by atoms with Gasteiger partial charge in [0.2, 0.25) is 0 Å². The van der Waals surface area contributed by atoms with Gasteiger partial charge in [0.05, 0.1) is 6.42 Å². The van der Waals surface area contributed by atoms with E-state index in [1.54, 1.807) is 4.90 Å². The molecule has 2 fully saturated rings. The molecule has 0 radical (unpaired) electrons. The van der Waals surface area contributed by atoms with E-state index in [0.29, 0.717) is 13.1 Å². The van der Waals surface area contributed by atoms with E-state index in [2.05, 4.69) is 11.6 Å². The van der Waals surface area contributed by atoms with Crippen molar-refractivity contribution < 1.29 is 14.7 Å². The number of likely N-dealkylation sites (tertiary alicyclic amines) is 1. The summed E-state index contributed by atoms with van der Waals surface area (Å²) in [5, 5.41) is 12.0. The topological polar surface area (TPSA) is 69.6 Å². The molecule has 1 aliphatic carbocycles. The van der Waals surface area contributed by atoms with Gasteiger partial charge in [-0.1, -0.05) is 12.8 Å². The van der Waals surface area contributed by atoms with Crippen LogP contribution in [0.4, 0.5) is 4.79 Å². The fourth-order valence-corrected chi connectivity index (χ4v) is 4.41. The zero-order valence-electron chi connectivity index (χ0n) is 12.8. The van der Waals surface area contributed by atoms with Crippen LogP contribution in [0.1, 0.15) is 51.4 Å². The zero-order valence-corrected chi connectivity index (χ0v) is 13.6. The highest BCUT2D eigenvalue weighted by molar-refractivity contribution is 8.00. The minimum absolute atomic E-state index is 0.0566. The molecule has 0 aromatic heterocycles. The van der Waals surface area contributed by atoms with Crippen molar-refractivity contribution in [2.75, 3.05) is 19.3 Å². The van der Waals surface area contributed by atoms with E-state index < -0.39 is 5.97 Å². The van der Waals surface area contributed by atoms with Crippen LogP contribution in [0.3, 0.4) is 0 Å². The van der Waals surface area contributed by atoms with Crippen LogP contribution in [0, 0.1) is 0 Å². The van der Waals surface area contributed by atoms with Crippen molar-refractivity contribution in [3.05, 3.63) is 0 Å². The molecule has 21 heavy (non-hydrogen) atoms. The number of piperidine rings is 1. The van der Waals surface area contributed by atoms with E-state index in [1.807, 2.05) is 11.8 Å². The molecule has 2 aliphatic rings.